The molecule has 1 N–H and O–H groups in total. The fourth-order valence-corrected chi connectivity index (χ4v) is 4.60. The molecule has 2 amide bonds. The van der Waals surface area contributed by atoms with Gasteiger partial charge in [0.05, 0.1) is 19.1 Å². The SMILES string of the molecule is CC[C@H](C(=O)NC(C)C)N(Cc1cccc(OC)c1)C(=O)CN(c1ccc(Br)cc1)S(C)(=O)=O. The van der Waals surface area contributed by atoms with Gasteiger partial charge in [-0.15, -0.1) is 0 Å². The molecule has 0 saturated heterocycles. The van der Waals surface area contributed by atoms with Crippen LogP contribution in [0.15, 0.2) is 53.0 Å². The molecule has 0 fully saturated rings. The minimum Gasteiger partial charge on any atom is -0.497 e. The monoisotopic (exact) mass is 553 g/mol. The summed E-state index contributed by atoms with van der Waals surface area (Å²) < 4.78 is 32.3. The molecule has 1 atom stereocenters. The summed E-state index contributed by atoms with van der Waals surface area (Å²) in [6.07, 6.45) is 1.42. The predicted octanol–water partition coefficient (Wildman–Crippen LogP) is 3.56. The van der Waals surface area contributed by atoms with E-state index in [-0.39, 0.29) is 18.5 Å². The molecule has 0 saturated carbocycles. The van der Waals surface area contributed by atoms with Crippen LogP contribution in [0.25, 0.3) is 0 Å². The first-order valence-corrected chi connectivity index (χ1v) is 13.6. The van der Waals surface area contributed by atoms with E-state index in [1.807, 2.05) is 26.8 Å². The lowest BCUT2D eigenvalue weighted by atomic mass is 10.1. The maximum absolute atomic E-state index is 13.6. The fourth-order valence-electron chi connectivity index (χ4n) is 3.49. The van der Waals surface area contributed by atoms with Gasteiger partial charge in [0, 0.05) is 17.1 Å². The number of benzene rings is 2. The van der Waals surface area contributed by atoms with Gasteiger partial charge in [-0.25, -0.2) is 8.42 Å². The Balaban J connectivity index is 2.44. The van der Waals surface area contributed by atoms with E-state index in [0.717, 1.165) is 20.6 Å². The maximum atomic E-state index is 13.6. The standard InChI is InChI=1S/C24H32BrN3O5S/c1-6-22(24(30)26-17(2)3)27(15-18-8-7-9-21(14-18)33-4)23(29)16-28(34(5,31)32)20-12-10-19(25)11-13-20/h7-14,17,22H,6,15-16H2,1-5H3,(H,26,30)/t22-/m1/s1. The van der Waals surface area contributed by atoms with Gasteiger partial charge in [0.25, 0.3) is 0 Å². The summed E-state index contributed by atoms with van der Waals surface area (Å²) in [5, 5.41) is 2.86. The number of nitrogens with zero attached hydrogens (tertiary/aromatic N) is 2. The van der Waals surface area contributed by atoms with Gasteiger partial charge < -0.3 is 15.0 Å². The van der Waals surface area contributed by atoms with Crippen molar-refractivity contribution in [3.63, 3.8) is 0 Å². The van der Waals surface area contributed by atoms with Gasteiger partial charge in [-0.2, -0.15) is 0 Å². The fraction of sp³-hybridized carbons (Fsp3) is 0.417. The van der Waals surface area contributed by atoms with Crippen molar-refractivity contribution in [2.24, 2.45) is 0 Å². The Morgan fingerprint density at radius 2 is 1.76 bits per heavy atom. The van der Waals surface area contributed by atoms with Crippen LogP contribution in [0.4, 0.5) is 5.69 Å². The van der Waals surface area contributed by atoms with Gasteiger partial charge in [-0.05, 0) is 62.2 Å². The number of anilines is 1. The minimum absolute atomic E-state index is 0.106. The molecule has 2 aromatic carbocycles. The van der Waals surface area contributed by atoms with Crippen LogP contribution in [0, 0.1) is 0 Å². The molecular formula is C24H32BrN3O5S. The van der Waals surface area contributed by atoms with Crippen LogP contribution < -0.4 is 14.4 Å². The first-order chi connectivity index (χ1) is 16.0. The number of rotatable bonds is 11. The highest BCUT2D eigenvalue weighted by Crippen LogP contribution is 2.22. The highest BCUT2D eigenvalue weighted by molar-refractivity contribution is 9.10. The normalized spacial score (nSPS) is 12.2. The van der Waals surface area contributed by atoms with Gasteiger partial charge >= 0.3 is 0 Å². The zero-order valence-electron chi connectivity index (χ0n) is 20.1. The molecule has 186 valence electrons. The number of amides is 2. The third-order valence-corrected chi connectivity index (χ3v) is 6.77. The number of sulfonamides is 1. The molecule has 34 heavy (non-hydrogen) atoms. The van der Waals surface area contributed by atoms with E-state index in [1.165, 1.54) is 4.90 Å². The number of hydrogen-bond acceptors (Lipinski definition) is 5. The molecule has 0 unspecified atom stereocenters. The summed E-state index contributed by atoms with van der Waals surface area (Å²) in [6, 6.07) is 13.0. The van der Waals surface area contributed by atoms with E-state index in [2.05, 4.69) is 21.2 Å². The van der Waals surface area contributed by atoms with E-state index in [0.29, 0.717) is 17.9 Å². The lowest BCUT2D eigenvalue weighted by molar-refractivity contribution is -0.140. The molecule has 2 aromatic rings. The quantitative estimate of drug-likeness (QED) is 0.459. The molecule has 2 rings (SSSR count). The second-order valence-corrected chi connectivity index (χ2v) is 11.0. The van der Waals surface area contributed by atoms with Gasteiger partial charge in [-0.1, -0.05) is 35.0 Å². The van der Waals surface area contributed by atoms with Gasteiger partial charge in [0.2, 0.25) is 21.8 Å². The summed E-state index contributed by atoms with van der Waals surface area (Å²) in [6.45, 7) is 5.20. The third-order valence-electron chi connectivity index (χ3n) is 5.10. The smallest absolute Gasteiger partial charge is 0.244 e. The minimum atomic E-state index is -3.76. The number of hydrogen-bond donors (Lipinski definition) is 1. The summed E-state index contributed by atoms with van der Waals surface area (Å²) in [4.78, 5) is 28.0. The van der Waals surface area contributed by atoms with Crippen molar-refractivity contribution >= 4 is 43.5 Å². The lowest BCUT2D eigenvalue weighted by Crippen LogP contribution is -2.53. The van der Waals surface area contributed by atoms with Crippen LogP contribution in [0.5, 0.6) is 5.75 Å². The van der Waals surface area contributed by atoms with Crippen molar-refractivity contribution in [2.75, 3.05) is 24.2 Å². The number of carbonyl (C=O) groups is 2. The second kappa shape index (κ2) is 12.2. The number of halogens is 1. The third kappa shape index (κ3) is 7.73. The molecule has 0 aliphatic carbocycles. The van der Waals surface area contributed by atoms with Crippen molar-refractivity contribution in [3.05, 3.63) is 58.6 Å². The molecule has 10 heteroatoms. The summed E-state index contributed by atoms with van der Waals surface area (Å²) in [7, 11) is -2.21. The summed E-state index contributed by atoms with van der Waals surface area (Å²) in [5.41, 5.74) is 1.12. The van der Waals surface area contributed by atoms with Gasteiger partial charge in [0.15, 0.2) is 0 Å². The van der Waals surface area contributed by atoms with Gasteiger partial charge in [-0.3, -0.25) is 13.9 Å². The number of carbonyl (C=O) groups excluding carboxylic acids is 2. The van der Waals surface area contributed by atoms with E-state index in [1.54, 1.807) is 49.6 Å². The van der Waals surface area contributed by atoms with E-state index in [4.69, 9.17) is 4.74 Å². The average Bonchev–Trinajstić information content (AvgIpc) is 2.76. The van der Waals surface area contributed by atoms with Crippen LogP contribution in [-0.2, 0) is 26.2 Å². The highest BCUT2D eigenvalue weighted by Gasteiger charge is 2.32. The highest BCUT2D eigenvalue weighted by atomic mass is 79.9. The van der Waals surface area contributed by atoms with Crippen LogP contribution in [-0.4, -0.2) is 57.1 Å². The zero-order chi connectivity index (χ0) is 25.5. The lowest BCUT2D eigenvalue weighted by Gasteiger charge is -2.33. The van der Waals surface area contributed by atoms with Crippen LogP contribution in [0.3, 0.4) is 0 Å². The van der Waals surface area contributed by atoms with Gasteiger partial charge in [0.1, 0.15) is 18.3 Å². The van der Waals surface area contributed by atoms with Crippen LogP contribution in [0.2, 0.25) is 0 Å². The van der Waals surface area contributed by atoms with Crippen molar-refractivity contribution in [3.8, 4) is 5.75 Å². The predicted molar refractivity (Wildman–Crippen MR) is 137 cm³/mol. The molecule has 8 nitrogen and oxygen atoms in total. The Bertz CT molecular complexity index is 1090. The molecular weight excluding hydrogens is 522 g/mol. The average molecular weight is 555 g/mol. The Labute approximate surface area is 210 Å². The van der Waals surface area contributed by atoms with Crippen LogP contribution >= 0.6 is 15.9 Å². The Morgan fingerprint density at radius 1 is 1.12 bits per heavy atom. The van der Waals surface area contributed by atoms with E-state index < -0.39 is 28.5 Å². The Morgan fingerprint density at radius 3 is 2.29 bits per heavy atom. The number of methoxy groups -OCH3 is 1. The number of ether oxygens (including phenoxy) is 1. The molecule has 0 spiro atoms. The Hall–Kier alpha value is -2.59. The molecule has 0 heterocycles. The summed E-state index contributed by atoms with van der Waals surface area (Å²) in [5.74, 6) is -0.151. The first-order valence-electron chi connectivity index (χ1n) is 10.9. The van der Waals surface area contributed by atoms with Crippen molar-refractivity contribution in [1.29, 1.82) is 0 Å². The summed E-state index contributed by atoms with van der Waals surface area (Å²) >= 11 is 3.33. The topological polar surface area (TPSA) is 96.0 Å². The van der Waals surface area contributed by atoms with E-state index >= 15 is 0 Å². The van der Waals surface area contributed by atoms with Crippen LogP contribution in [0.1, 0.15) is 32.8 Å². The second-order valence-electron chi connectivity index (χ2n) is 8.21. The molecule has 0 aliphatic heterocycles. The largest absolute Gasteiger partial charge is 0.497 e. The molecule has 0 radical (unpaired) electrons. The molecule has 0 bridgehead atoms. The van der Waals surface area contributed by atoms with Crippen molar-refractivity contribution < 1.29 is 22.7 Å². The molecule has 0 aliphatic rings. The van der Waals surface area contributed by atoms with Crippen molar-refractivity contribution in [1.82, 2.24) is 10.2 Å². The van der Waals surface area contributed by atoms with E-state index in [9.17, 15) is 18.0 Å². The molecule has 0 aromatic heterocycles. The Kier molecular flexibility index (Phi) is 9.93. The number of nitrogens with one attached hydrogen (secondary N) is 1. The maximum Gasteiger partial charge on any atom is 0.244 e. The first kappa shape index (κ1) is 27.7. The van der Waals surface area contributed by atoms with Crippen molar-refractivity contribution in [2.45, 2.75) is 45.8 Å². The zero-order valence-corrected chi connectivity index (χ0v) is 22.5.